The molecular formula is C24H34ClNO4. The van der Waals surface area contributed by atoms with E-state index in [2.05, 4.69) is 19.2 Å². The van der Waals surface area contributed by atoms with Crippen LogP contribution in [0, 0.1) is 5.41 Å². The molecule has 1 aromatic carbocycles. The van der Waals surface area contributed by atoms with Crippen LogP contribution < -0.4 is 5.32 Å². The minimum Gasteiger partial charge on any atom is -0.459 e. The highest BCUT2D eigenvalue weighted by atomic mass is 35.5. The van der Waals surface area contributed by atoms with Crippen molar-refractivity contribution in [1.82, 2.24) is 5.32 Å². The first-order chi connectivity index (χ1) is 14.1. The number of ether oxygens (including phenoxy) is 2. The van der Waals surface area contributed by atoms with E-state index in [0.29, 0.717) is 12.3 Å². The smallest absolute Gasteiger partial charge is 0.408 e. The number of alkyl carbamates (subject to hydrolysis) is 1. The number of rotatable bonds is 9. The van der Waals surface area contributed by atoms with E-state index in [9.17, 15) is 9.59 Å². The predicted octanol–water partition coefficient (Wildman–Crippen LogP) is 5.76. The lowest BCUT2D eigenvalue weighted by atomic mass is 9.86. The van der Waals surface area contributed by atoms with Crippen molar-refractivity contribution in [1.29, 1.82) is 0 Å². The highest BCUT2D eigenvalue weighted by Crippen LogP contribution is 2.56. The molecule has 0 aliphatic heterocycles. The molecule has 2 rings (SSSR count). The minimum absolute atomic E-state index is 0.158. The second-order valence-corrected chi connectivity index (χ2v) is 9.29. The molecule has 5 nitrogen and oxygen atoms in total. The summed E-state index contributed by atoms with van der Waals surface area (Å²) >= 11 is 6.28. The number of carbonyl (C=O) groups is 2. The van der Waals surface area contributed by atoms with Crippen LogP contribution in [0.2, 0.25) is 0 Å². The van der Waals surface area contributed by atoms with Gasteiger partial charge >= 0.3 is 12.1 Å². The van der Waals surface area contributed by atoms with Crippen molar-refractivity contribution in [3.8, 4) is 0 Å². The Hall–Kier alpha value is -2.01. The van der Waals surface area contributed by atoms with Gasteiger partial charge in [0.1, 0.15) is 18.2 Å². The van der Waals surface area contributed by atoms with Crippen LogP contribution >= 0.6 is 11.6 Å². The Morgan fingerprint density at radius 1 is 1.20 bits per heavy atom. The van der Waals surface area contributed by atoms with E-state index >= 15 is 0 Å². The number of amides is 1. The van der Waals surface area contributed by atoms with Gasteiger partial charge in [0.2, 0.25) is 0 Å². The summed E-state index contributed by atoms with van der Waals surface area (Å²) in [6.45, 7) is 9.71. The quantitative estimate of drug-likeness (QED) is 0.304. The van der Waals surface area contributed by atoms with Crippen molar-refractivity contribution in [2.45, 2.75) is 78.6 Å². The summed E-state index contributed by atoms with van der Waals surface area (Å²) < 4.78 is 10.9. The third-order valence-electron chi connectivity index (χ3n) is 5.47. The molecule has 0 saturated heterocycles. The summed E-state index contributed by atoms with van der Waals surface area (Å²) in [5.41, 5.74) is 2.51. The summed E-state index contributed by atoms with van der Waals surface area (Å²) in [7, 11) is 0. The Morgan fingerprint density at radius 3 is 2.33 bits per heavy atom. The molecule has 1 aliphatic carbocycles. The van der Waals surface area contributed by atoms with Crippen molar-refractivity contribution in [2.75, 3.05) is 5.88 Å². The highest BCUT2D eigenvalue weighted by molar-refractivity contribution is 6.19. The summed E-state index contributed by atoms with van der Waals surface area (Å²) in [5, 5.41) is 2.74. The SMILES string of the molecule is CCC(C)=C(CCl)C1(CC(NC(=O)OC(C)(C)C)C(=O)OCc2ccccc2)CC1. The fraction of sp³-hybridized carbons (Fsp3) is 0.583. The zero-order valence-electron chi connectivity index (χ0n) is 18.7. The van der Waals surface area contributed by atoms with E-state index in [4.69, 9.17) is 21.1 Å². The fourth-order valence-electron chi connectivity index (χ4n) is 3.56. The highest BCUT2D eigenvalue weighted by Gasteiger charge is 2.49. The van der Waals surface area contributed by atoms with Gasteiger partial charge in [-0.3, -0.25) is 0 Å². The van der Waals surface area contributed by atoms with Crippen molar-refractivity contribution < 1.29 is 19.1 Å². The normalized spacial score (nSPS) is 16.9. The Bertz CT molecular complexity index is 763. The first-order valence-electron chi connectivity index (χ1n) is 10.6. The van der Waals surface area contributed by atoms with Gasteiger partial charge < -0.3 is 14.8 Å². The molecule has 1 N–H and O–H groups in total. The van der Waals surface area contributed by atoms with Crippen molar-refractivity contribution >= 4 is 23.7 Å². The Labute approximate surface area is 185 Å². The van der Waals surface area contributed by atoms with Gasteiger partial charge in [-0.15, -0.1) is 11.6 Å². The Balaban J connectivity index is 2.16. The maximum absolute atomic E-state index is 12.9. The first kappa shape index (κ1) is 24.3. The molecule has 6 heteroatoms. The average Bonchev–Trinajstić information content (AvgIpc) is 3.45. The molecule has 0 aromatic heterocycles. The number of halogens is 1. The topological polar surface area (TPSA) is 64.6 Å². The molecule has 30 heavy (non-hydrogen) atoms. The third-order valence-corrected chi connectivity index (χ3v) is 5.73. The molecule has 1 amide bonds. The maximum atomic E-state index is 12.9. The van der Waals surface area contributed by atoms with Gasteiger partial charge in [-0.05, 0) is 64.4 Å². The van der Waals surface area contributed by atoms with Gasteiger partial charge in [-0.2, -0.15) is 0 Å². The molecule has 1 aliphatic rings. The number of nitrogens with one attached hydrogen (secondary N) is 1. The van der Waals surface area contributed by atoms with E-state index in [-0.39, 0.29) is 12.0 Å². The molecule has 1 fully saturated rings. The lowest BCUT2D eigenvalue weighted by Crippen LogP contribution is -2.45. The minimum atomic E-state index is -0.797. The van der Waals surface area contributed by atoms with Crippen molar-refractivity contribution in [3.63, 3.8) is 0 Å². The van der Waals surface area contributed by atoms with Gasteiger partial charge in [-0.25, -0.2) is 9.59 Å². The van der Waals surface area contributed by atoms with Crippen molar-refractivity contribution in [3.05, 3.63) is 47.0 Å². The Morgan fingerprint density at radius 2 is 1.83 bits per heavy atom. The number of hydrogen-bond donors (Lipinski definition) is 1. The van der Waals surface area contributed by atoms with Crippen LogP contribution in [0.3, 0.4) is 0 Å². The number of benzene rings is 1. The monoisotopic (exact) mass is 435 g/mol. The molecule has 166 valence electrons. The second kappa shape index (κ2) is 10.3. The summed E-state index contributed by atoms with van der Waals surface area (Å²) in [4.78, 5) is 25.3. The summed E-state index contributed by atoms with van der Waals surface area (Å²) in [6.07, 6.45) is 2.64. The molecular weight excluding hydrogens is 402 g/mol. The Kier molecular flexibility index (Phi) is 8.36. The largest absolute Gasteiger partial charge is 0.459 e. The molecule has 1 atom stereocenters. The standard InChI is InChI=1S/C24H34ClNO4/c1-6-17(2)19(15-25)24(12-13-24)14-20(26-22(28)30-23(3,4)5)21(27)29-16-18-10-8-7-9-11-18/h7-11,20H,6,12-16H2,1-5H3,(H,26,28). The van der Waals surface area contributed by atoms with Crippen LogP contribution in [-0.2, 0) is 20.9 Å². The second-order valence-electron chi connectivity index (χ2n) is 9.02. The molecule has 0 radical (unpaired) electrons. The zero-order chi connectivity index (χ0) is 22.4. The van der Waals surface area contributed by atoms with Crippen molar-refractivity contribution in [2.24, 2.45) is 5.41 Å². The number of hydrogen-bond acceptors (Lipinski definition) is 4. The van der Waals surface area contributed by atoms with E-state index in [1.165, 1.54) is 11.1 Å². The lowest BCUT2D eigenvalue weighted by Gasteiger charge is -2.27. The average molecular weight is 436 g/mol. The van der Waals surface area contributed by atoms with Crippen LogP contribution in [0.15, 0.2) is 41.5 Å². The van der Waals surface area contributed by atoms with Crippen LogP contribution in [0.5, 0.6) is 0 Å². The molecule has 0 bridgehead atoms. The zero-order valence-corrected chi connectivity index (χ0v) is 19.5. The number of carbonyl (C=O) groups excluding carboxylic acids is 2. The van der Waals surface area contributed by atoms with E-state index in [1.807, 2.05) is 30.3 Å². The molecule has 0 spiro atoms. The third kappa shape index (κ3) is 7.05. The number of esters is 1. The number of alkyl halides is 1. The first-order valence-corrected chi connectivity index (χ1v) is 11.1. The van der Waals surface area contributed by atoms with Crippen LogP contribution in [0.4, 0.5) is 4.79 Å². The van der Waals surface area contributed by atoms with Crippen LogP contribution in [-0.4, -0.2) is 29.6 Å². The van der Waals surface area contributed by atoms with Gasteiger partial charge in [-0.1, -0.05) is 48.4 Å². The van der Waals surface area contributed by atoms with Gasteiger partial charge in [0, 0.05) is 5.88 Å². The van der Waals surface area contributed by atoms with E-state index in [0.717, 1.165) is 24.8 Å². The molecule has 0 heterocycles. The maximum Gasteiger partial charge on any atom is 0.408 e. The summed E-state index contributed by atoms with van der Waals surface area (Å²) in [5.74, 6) is -0.0307. The van der Waals surface area contributed by atoms with E-state index in [1.54, 1.807) is 20.8 Å². The van der Waals surface area contributed by atoms with E-state index < -0.39 is 23.7 Å². The van der Waals surface area contributed by atoms with Gasteiger partial charge in [0.15, 0.2) is 0 Å². The molecule has 1 unspecified atom stereocenters. The van der Waals surface area contributed by atoms with Gasteiger partial charge in [0.25, 0.3) is 0 Å². The predicted molar refractivity (Wildman–Crippen MR) is 119 cm³/mol. The summed E-state index contributed by atoms with van der Waals surface area (Å²) in [6, 6.07) is 8.68. The van der Waals surface area contributed by atoms with Gasteiger partial charge in [0.05, 0.1) is 0 Å². The molecule has 1 saturated carbocycles. The molecule has 1 aromatic rings. The van der Waals surface area contributed by atoms with Crippen LogP contribution in [0.1, 0.15) is 65.9 Å². The lowest BCUT2D eigenvalue weighted by molar-refractivity contribution is -0.148. The number of allylic oxidation sites excluding steroid dienone is 2. The van der Waals surface area contributed by atoms with Crippen LogP contribution in [0.25, 0.3) is 0 Å². The fourth-order valence-corrected chi connectivity index (χ4v) is 4.08.